The van der Waals surface area contributed by atoms with E-state index in [9.17, 15) is 4.79 Å². The van der Waals surface area contributed by atoms with Gasteiger partial charge >= 0.3 is 0 Å². The summed E-state index contributed by atoms with van der Waals surface area (Å²) in [7, 11) is 0. The van der Waals surface area contributed by atoms with Gasteiger partial charge in [0.15, 0.2) is 6.29 Å². The van der Waals surface area contributed by atoms with Crippen LogP contribution < -0.4 is 0 Å². The van der Waals surface area contributed by atoms with E-state index < -0.39 is 0 Å². The first kappa shape index (κ1) is 6.61. The van der Waals surface area contributed by atoms with Crippen LogP contribution in [-0.2, 0) is 0 Å². The lowest BCUT2D eigenvalue weighted by Crippen LogP contribution is -1.77. The molecule has 0 fully saturated rings. The molecule has 52 valence electrons. The summed E-state index contributed by atoms with van der Waals surface area (Å²) < 4.78 is 0. The van der Waals surface area contributed by atoms with E-state index in [0.717, 1.165) is 0 Å². The Hall–Kier alpha value is -1.51. The molecule has 1 rings (SSSR count). The molecule has 0 amide bonds. The molecule has 0 aromatic heterocycles. The summed E-state index contributed by atoms with van der Waals surface area (Å²) >= 11 is 0. The van der Waals surface area contributed by atoms with E-state index >= 15 is 0 Å². The molecule has 0 aliphatic heterocycles. The van der Waals surface area contributed by atoms with Gasteiger partial charge in [0.2, 0.25) is 0 Å². The monoisotopic (exact) mass is 139 g/mol. The van der Waals surface area contributed by atoms with Gasteiger partial charge in [-0.3, -0.25) is 4.79 Å². The molecule has 1 aromatic rings. The molecule has 1 aromatic carbocycles. The number of aldehydes is 1. The van der Waals surface area contributed by atoms with Crippen molar-refractivity contribution in [1.82, 2.24) is 0 Å². The SMILES string of the molecule is O=Cc1cc(O)cc([OH2+])c1. The highest BCUT2D eigenvalue weighted by molar-refractivity contribution is 5.76. The van der Waals surface area contributed by atoms with Gasteiger partial charge in [-0.1, -0.05) is 0 Å². The van der Waals surface area contributed by atoms with Crippen LogP contribution in [0.1, 0.15) is 10.4 Å². The quantitative estimate of drug-likeness (QED) is 0.458. The maximum atomic E-state index is 10.1. The van der Waals surface area contributed by atoms with Crippen molar-refractivity contribution in [3.05, 3.63) is 23.8 Å². The number of carbonyl (C=O) groups excluding carboxylic acids is 1. The summed E-state index contributed by atoms with van der Waals surface area (Å²) in [5.41, 5.74) is 0.324. The minimum Gasteiger partial charge on any atom is -0.593 e. The number of hydrogen-bond acceptors (Lipinski definition) is 2. The molecule has 3 nitrogen and oxygen atoms in total. The second kappa shape index (κ2) is 2.39. The van der Waals surface area contributed by atoms with E-state index in [1.807, 2.05) is 0 Å². The van der Waals surface area contributed by atoms with Crippen molar-refractivity contribution in [3.63, 3.8) is 0 Å². The van der Waals surface area contributed by atoms with Gasteiger partial charge in [-0.2, -0.15) is 0 Å². The van der Waals surface area contributed by atoms with Crippen LogP contribution in [0.5, 0.6) is 11.5 Å². The fourth-order valence-electron chi connectivity index (χ4n) is 0.703. The zero-order valence-electron chi connectivity index (χ0n) is 5.16. The maximum Gasteiger partial charge on any atom is 0.258 e. The number of carbonyl (C=O) groups is 1. The number of phenols is 1. The summed E-state index contributed by atoms with van der Waals surface area (Å²) in [5.74, 6) is 0.0942. The Morgan fingerprint density at radius 2 is 2.10 bits per heavy atom. The summed E-state index contributed by atoms with van der Waals surface area (Å²) in [5, 5.41) is 15.9. The van der Waals surface area contributed by atoms with Gasteiger partial charge in [-0.05, 0) is 6.07 Å². The van der Waals surface area contributed by atoms with Gasteiger partial charge in [0, 0.05) is 11.6 Å². The van der Waals surface area contributed by atoms with E-state index in [0.29, 0.717) is 11.8 Å². The summed E-state index contributed by atoms with van der Waals surface area (Å²) in [6, 6.07) is 3.96. The van der Waals surface area contributed by atoms with Gasteiger partial charge in [-0.25, -0.2) is 0 Å². The third kappa shape index (κ3) is 1.25. The van der Waals surface area contributed by atoms with Crippen molar-refractivity contribution >= 4 is 6.29 Å². The lowest BCUT2D eigenvalue weighted by molar-refractivity contribution is 0.112. The fourth-order valence-corrected chi connectivity index (χ4v) is 0.703. The zero-order valence-corrected chi connectivity index (χ0v) is 5.16. The van der Waals surface area contributed by atoms with Crippen LogP contribution in [0.2, 0.25) is 0 Å². The van der Waals surface area contributed by atoms with Crippen LogP contribution in [0.15, 0.2) is 18.2 Å². The maximum absolute atomic E-state index is 10.1. The summed E-state index contributed by atoms with van der Waals surface area (Å²) in [6.45, 7) is 0. The summed E-state index contributed by atoms with van der Waals surface area (Å²) in [4.78, 5) is 10.1. The van der Waals surface area contributed by atoms with E-state index in [2.05, 4.69) is 0 Å². The van der Waals surface area contributed by atoms with Gasteiger partial charge in [0.25, 0.3) is 5.75 Å². The largest absolute Gasteiger partial charge is 0.593 e. The third-order valence-corrected chi connectivity index (χ3v) is 1.08. The first-order chi connectivity index (χ1) is 4.72. The second-order valence-electron chi connectivity index (χ2n) is 1.93. The molecule has 0 heterocycles. The number of rotatable bonds is 1. The second-order valence-corrected chi connectivity index (χ2v) is 1.93. The van der Waals surface area contributed by atoms with Crippen LogP contribution in [0.3, 0.4) is 0 Å². The van der Waals surface area contributed by atoms with Crippen molar-refractivity contribution in [2.45, 2.75) is 0 Å². The molecule has 0 unspecified atom stereocenters. The number of phenolic OH excluding ortho intramolecular Hbond substituents is 1. The Morgan fingerprint density at radius 1 is 1.40 bits per heavy atom. The molecule has 0 saturated heterocycles. The molecule has 3 N–H and O–H groups in total. The third-order valence-electron chi connectivity index (χ3n) is 1.08. The van der Waals surface area contributed by atoms with Crippen molar-refractivity contribution in [2.24, 2.45) is 0 Å². The molecular formula is C7H7O3+. The highest BCUT2D eigenvalue weighted by atomic mass is 16.3. The van der Waals surface area contributed by atoms with E-state index in [1.54, 1.807) is 0 Å². The Kier molecular flexibility index (Phi) is 1.58. The van der Waals surface area contributed by atoms with Crippen molar-refractivity contribution in [3.8, 4) is 11.5 Å². The van der Waals surface area contributed by atoms with Crippen LogP contribution >= 0.6 is 0 Å². The smallest absolute Gasteiger partial charge is 0.258 e. The topological polar surface area (TPSA) is 60.2 Å². The molecule has 10 heavy (non-hydrogen) atoms. The molecule has 0 aliphatic carbocycles. The zero-order chi connectivity index (χ0) is 7.56. The number of hydrogen-bond donors (Lipinski definition) is 1. The average molecular weight is 139 g/mol. The lowest BCUT2D eigenvalue weighted by atomic mass is 10.2. The Labute approximate surface area is 57.5 Å². The van der Waals surface area contributed by atoms with Gasteiger partial charge in [0.1, 0.15) is 5.75 Å². The molecule has 0 spiro atoms. The molecule has 0 aliphatic rings. The molecule has 0 radical (unpaired) electrons. The first-order valence-electron chi connectivity index (χ1n) is 2.73. The molecule has 3 heteroatoms. The van der Waals surface area contributed by atoms with Crippen LogP contribution in [0, 0.1) is 0 Å². The van der Waals surface area contributed by atoms with E-state index in [4.69, 9.17) is 10.2 Å². The predicted molar refractivity (Wildman–Crippen MR) is 36.6 cm³/mol. The molecule has 0 bridgehead atoms. The van der Waals surface area contributed by atoms with Gasteiger partial charge in [0.05, 0.1) is 6.07 Å². The standard InChI is InChI=1S/C7H6O3/c8-4-5-1-6(9)3-7(10)2-5/h1-4,9-10H/p+1. The van der Waals surface area contributed by atoms with Crippen molar-refractivity contribution in [2.75, 3.05) is 0 Å². The van der Waals surface area contributed by atoms with Gasteiger partial charge < -0.3 is 10.2 Å². The lowest BCUT2D eigenvalue weighted by Gasteiger charge is -1.91. The normalized spacial score (nSPS) is 9.20. The molecular weight excluding hydrogens is 132 g/mol. The minimum atomic E-state index is -0.0467. The Bertz CT molecular complexity index is 235. The van der Waals surface area contributed by atoms with Gasteiger partial charge in [-0.15, -0.1) is 0 Å². The predicted octanol–water partition coefficient (Wildman–Crippen LogP) is 0.643. The molecule has 0 atom stereocenters. The highest BCUT2D eigenvalue weighted by Crippen LogP contribution is 2.18. The average Bonchev–Trinajstić information content (AvgIpc) is 1.85. The van der Waals surface area contributed by atoms with Crippen LogP contribution in [-0.4, -0.2) is 16.5 Å². The Morgan fingerprint density at radius 3 is 2.60 bits per heavy atom. The van der Waals surface area contributed by atoms with E-state index in [-0.39, 0.29) is 11.5 Å². The van der Waals surface area contributed by atoms with Crippen LogP contribution in [0.25, 0.3) is 0 Å². The molecule has 0 saturated carbocycles. The number of benzene rings is 1. The first-order valence-corrected chi connectivity index (χ1v) is 2.73. The van der Waals surface area contributed by atoms with Crippen molar-refractivity contribution in [1.29, 1.82) is 0 Å². The van der Waals surface area contributed by atoms with E-state index in [1.165, 1.54) is 18.2 Å². The summed E-state index contributed by atoms with van der Waals surface area (Å²) in [6.07, 6.45) is 0.595. The Balaban J connectivity index is 3.18. The number of aromatic hydroxyl groups is 1. The van der Waals surface area contributed by atoms with Crippen LogP contribution in [0.4, 0.5) is 0 Å². The minimum absolute atomic E-state index is 0.0467. The van der Waals surface area contributed by atoms with Crippen molar-refractivity contribution < 1.29 is 15.0 Å². The highest BCUT2D eigenvalue weighted by Gasteiger charge is 1.99. The fraction of sp³-hybridized carbons (Fsp3) is 0.